The van der Waals surface area contributed by atoms with Crippen LogP contribution in [-0.2, 0) is 4.79 Å². The van der Waals surface area contributed by atoms with Gasteiger partial charge in [-0.25, -0.2) is 0 Å². The Bertz CT molecular complexity index is 1190. The van der Waals surface area contributed by atoms with E-state index in [2.05, 4.69) is 41.1 Å². The van der Waals surface area contributed by atoms with E-state index in [1.165, 1.54) is 10.8 Å². The van der Waals surface area contributed by atoms with Crippen molar-refractivity contribution < 1.29 is 4.79 Å². The van der Waals surface area contributed by atoms with Crippen molar-refractivity contribution in [2.24, 2.45) is 0 Å². The summed E-state index contributed by atoms with van der Waals surface area (Å²) >= 11 is 0. The third-order valence-electron chi connectivity index (χ3n) is 4.40. The lowest BCUT2D eigenvalue weighted by Gasteiger charge is -2.07. The smallest absolute Gasteiger partial charge is 0.265 e. The van der Waals surface area contributed by atoms with Gasteiger partial charge in [0.25, 0.3) is 5.91 Å². The Morgan fingerprint density at radius 3 is 2.46 bits per heavy atom. The van der Waals surface area contributed by atoms with E-state index in [1.807, 2.05) is 42.5 Å². The molecular weight excluding hydrogens is 322 g/mol. The standard InChI is InChI=1S/C22H15N3O/c1-14(13-23)22(26)24-16-11-9-15(10-12-16)17-6-4-7-19-18-5-2-3-8-20(18)25-21(17)19/h2-12,25H,1H2,(H,24,26). The molecule has 0 radical (unpaired) electrons. The van der Waals surface area contributed by atoms with Crippen LogP contribution in [0.1, 0.15) is 0 Å². The average Bonchev–Trinajstić information content (AvgIpc) is 3.06. The van der Waals surface area contributed by atoms with Crippen LogP contribution in [-0.4, -0.2) is 10.9 Å². The lowest BCUT2D eigenvalue weighted by molar-refractivity contribution is -0.112. The van der Waals surface area contributed by atoms with E-state index in [-0.39, 0.29) is 5.57 Å². The molecule has 1 aromatic heterocycles. The number of amides is 1. The molecule has 4 nitrogen and oxygen atoms in total. The maximum atomic E-state index is 11.7. The number of anilines is 1. The highest BCUT2D eigenvalue weighted by Gasteiger charge is 2.10. The van der Waals surface area contributed by atoms with Crippen LogP contribution in [0.15, 0.2) is 78.9 Å². The largest absolute Gasteiger partial charge is 0.354 e. The van der Waals surface area contributed by atoms with Gasteiger partial charge < -0.3 is 10.3 Å². The van der Waals surface area contributed by atoms with Crippen LogP contribution >= 0.6 is 0 Å². The highest BCUT2D eigenvalue weighted by atomic mass is 16.1. The first kappa shape index (κ1) is 15.7. The van der Waals surface area contributed by atoms with Gasteiger partial charge in [0, 0.05) is 27.5 Å². The number of benzene rings is 3. The molecule has 4 aromatic rings. The molecule has 0 saturated heterocycles. The lowest BCUT2D eigenvalue weighted by atomic mass is 10.0. The molecule has 4 rings (SSSR count). The van der Waals surface area contributed by atoms with E-state index in [0.29, 0.717) is 5.69 Å². The van der Waals surface area contributed by atoms with Gasteiger partial charge in [0.1, 0.15) is 11.6 Å². The third-order valence-corrected chi connectivity index (χ3v) is 4.40. The summed E-state index contributed by atoms with van der Waals surface area (Å²) in [6.45, 7) is 3.41. The molecule has 0 aliphatic heterocycles. The summed E-state index contributed by atoms with van der Waals surface area (Å²) in [7, 11) is 0. The van der Waals surface area contributed by atoms with Gasteiger partial charge in [0.15, 0.2) is 0 Å². The highest BCUT2D eigenvalue weighted by molar-refractivity contribution is 6.12. The predicted molar refractivity (Wildman–Crippen MR) is 105 cm³/mol. The number of aromatic nitrogens is 1. The zero-order chi connectivity index (χ0) is 18.1. The van der Waals surface area contributed by atoms with Gasteiger partial charge in [0.05, 0.1) is 5.52 Å². The minimum Gasteiger partial charge on any atom is -0.354 e. The number of para-hydroxylation sites is 2. The van der Waals surface area contributed by atoms with Gasteiger partial charge in [-0.2, -0.15) is 5.26 Å². The maximum Gasteiger partial charge on any atom is 0.265 e. The van der Waals surface area contributed by atoms with Crippen molar-refractivity contribution in [2.75, 3.05) is 5.32 Å². The van der Waals surface area contributed by atoms with Crippen LogP contribution in [0.5, 0.6) is 0 Å². The number of H-pyrrole nitrogens is 1. The fraction of sp³-hybridized carbons (Fsp3) is 0. The number of nitriles is 1. The first-order valence-electron chi connectivity index (χ1n) is 8.17. The Morgan fingerprint density at radius 2 is 1.69 bits per heavy atom. The van der Waals surface area contributed by atoms with Gasteiger partial charge in [-0.15, -0.1) is 0 Å². The van der Waals surface area contributed by atoms with Gasteiger partial charge in [-0.05, 0) is 23.8 Å². The molecule has 4 heteroatoms. The SMILES string of the molecule is C=C(C#N)C(=O)Nc1ccc(-c2cccc3c2[nH]c2ccccc23)cc1. The zero-order valence-corrected chi connectivity index (χ0v) is 13.9. The Kier molecular flexibility index (Phi) is 3.75. The number of rotatable bonds is 3. The van der Waals surface area contributed by atoms with Crippen molar-refractivity contribution in [2.45, 2.75) is 0 Å². The topological polar surface area (TPSA) is 68.7 Å². The van der Waals surface area contributed by atoms with Gasteiger partial charge >= 0.3 is 0 Å². The van der Waals surface area contributed by atoms with E-state index < -0.39 is 5.91 Å². The number of fused-ring (bicyclic) bond motifs is 3. The van der Waals surface area contributed by atoms with Crippen molar-refractivity contribution in [3.8, 4) is 17.2 Å². The van der Waals surface area contributed by atoms with Crippen LogP contribution in [0.25, 0.3) is 32.9 Å². The first-order valence-corrected chi connectivity index (χ1v) is 8.17. The second kappa shape index (κ2) is 6.23. The Morgan fingerprint density at radius 1 is 0.962 bits per heavy atom. The Labute approximate surface area is 150 Å². The normalized spacial score (nSPS) is 10.6. The molecule has 124 valence electrons. The molecule has 26 heavy (non-hydrogen) atoms. The molecule has 0 fully saturated rings. The van der Waals surface area contributed by atoms with Crippen LogP contribution in [0, 0.1) is 11.3 Å². The fourth-order valence-corrected chi connectivity index (χ4v) is 3.10. The molecule has 3 aromatic carbocycles. The summed E-state index contributed by atoms with van der Waals surface area (Å²) in [5.41, 5.74) is 4.84. The van der Waals surface area contributed by atoms with Crippen molar-refractivity contribution in [3.63, 3.8) is 0 Å². The predicted octanol–water partition coefficient (Wildman–Crippen LogP) is 5.01. The van der Waals surface area contributed by atoms with Crippen molar-refractivity contribution in [1.82, 2.24) is 4.98 Å². The van der Waals surface area contributed by atoms with Crippen LogP contribution < -0.4 is 5.32 Å². The van der Waals surface area contributed by atoms with Gasteiger partial charge in [-0.1, -0.05) is 55.1 Å². The zero-order valence-electron chi connectivity index (χ0n) is 13.9. The molecule has 1 amide bonds. The monoisotopic (exact) mass is 337 g/mol. The number of nitrogens with one attached hydrogen (secondary N) is 2. The summed E-state index contributed by atoms with van der Waals surface area (Å²) in [5.74, 6) is -0.488. The van der Waals surface area contributed by atoms with Crippen molar-refractivity contribution in [3.05, 3.63) is 78.9 Å². The van der Waals surface area contributed by atoms with Crippen LogP contribution in [0.4, 0.5) is 5.69 Å². The van der Waals surface area contributed by atoms with E-state index in [4.69, 9.17) is 5.26 Å². The second-order valence-corrected chi connectivity index (χ2v) is 6.02. The van der Waals surface area contributed by atoms with E-state index in [0.717, 1.165) is 22.2 Å². The van der Waals surface area contributed by atoms with Gasteiger partial charge in [0.2, 0.25) is 0 Å². The van der Waals surface area contributed by atoms with Crippen LogP contribution in [0.3, 0.4) is 0 Å². The van der Waals surface area contributed by atoms with Crippen molar-refractivity contribution >= 4 is 33.4 Å². The number of hydrogen-bond donors (Lipinski definition) is 2. The third kappa shape index (κ3) is 2.62. The van der Waals surface area contributed by atoms with E-state index in [1.54, 1.807) is 6.07 Å². The minimum absolute atomic E-state index is 0.114. The molecule has 0 aliphatic carbocycles. The second-order valence-electron chi connectivity index (χ2n) is 6.02. The summed E-state index contributed by atoms with van der Waals surface area (Å²) in [6.07, 6.45) is 0. The molecule has 0 atom stereocenters. The molecule has 0 unspecified atom stereocenters. The number of nitrogens with zero attached hydrogens (tertiary/aromatic N) is 1. The number of hydrogen-bond acceptors (Lipinski definition) is 2. The molecule has 2 N–H and O–H groups in total. The summed E-state index contributed by atoms with van der Waals surface area (Å²) < 4.78 is 0. The quantitative estimate of drug-likeness (QED) is 0.408. The molecule has 0 spiro atoms. The summed E-state index contributed by atoms with van der Waals surface area (Å²) in [5, 5.41) is 13.8. The minimum atomic E-state index is -0.488. The Balaban J connectivity index is 1.73. The summed E-state index contributed by atoms with van der Waals surface area (Å²) in [6, 6.07) is 23.7. The van der Waals surface area contributed by atoms with Crippen LogP contribution in [0.2, 0.25) is 0 Å². The molecule has 1 heterocycles. The fourth-order valence-electron chi connectivity index (χ4n) is 3.10. The molecule has 0 saturated carbocycles. The first-order chi connectivity index (χ1) is 12.7. The van der Waals surface area contributed by atoms with E-state index in [9.17, 15) is 4.79 Å². The number of carbonyl (C=O) groups excluding carboxylic acids is 1. The Hall–Kier alpha value is -3.84. The number of carbonyl (C=O) groups is 1. The average molecular weight is 337 g/mol. The van der Waals surface area contributed by atoms with E-state index >= 15 is 0 Å². The van der Waals surface area contributed by atoms with Gasteiger partial charge in [-0.3, -0.25) is 4.79 Å². The maximum absolute atomic E-state index is 11.7. The summed E-state index contributed by atoms with van der Waals surface area (Å²) in [4.78, 5) is 15.2. The van der Waals surface area contributed by atoms with Crippen molar-refractivity contribution in [1.29, 1.82) is 5.26 Å². The number of aromatic amines is 1. The molecule has 0 bridgehead atoms. The molecule has 0 aliphatic rings. The molecular formula is C22H15N3O. The highest BCUT2D eigenvalue weighted by Crippen LogP contribution is 2.33. The lowest BCUT2D eigenvalue weighted by Crippen LogP contribution is -2.12.